The molecule has 0 aliphatic heterocycles. The van der Waals surface area contributed by atoms with Gasteiger partial charge in [-0.25, -0.2) is 29.9 Å². The molecule has 496 valence electrons. The number of aromatic nitrogens is 8. The summed E-state index contributed by atoms with van der Waals surface area (Å²) in [7, 11) is 0. The van der Waals surface area contributed by atoms with Gasteiger partial charge in [-0.05, 0) is 95.1 Å². The Labute approximate surface area is 613 Å². The van der Waals surface area contributed by atoms with Gasteiger partial charge in [-0.15, -0.1) is 11.3 Å². The van der Waals surface area contributed by atoms with Crippen LogP contribution in [0, 0.1) is 0 Å². The molecule has 0 amide bonds. The highest BCUT2D eigenvalue weighted by Gasteiger charge is 2.26. The number of hydrogen-bond acceptors (Lipinski definition) is 8. The van der Waals surface area contributed by atoms with E-state index >= 15 is 0 Å². The van der Waals surface area contributed by atoms with Crippen LogP contribution in [0.4, 0.5) is 0 Å². The van der Waals surface area contributed by atoms with Crippen molar-refractivity contribution in [2.45, 2.75) is 0 Å². The van der Waals surface area contributed by atoms with Crippen LogP contribution < -0.4 is 0 Å². The third-order valence-corrected chi connectivity index (χ3v) is 21.3. The second-order valence-corrected chi connectivity index (χ2v) is 27.5. The molecule has 0 radical (unpaired) electrons. The Hall–Kier alpha value is -14.1. The van der Waals surface area contributed by atoms with E-state index in [0.717, 1.165) is 122 Å². The average molecular weight is 1370 g/mol. The van der Waals surface area contributed by atoms with Gasteiger partial charge in [-0.1, -0.05) is 285 Å². The van der Waals surface area contributed by atoms with Crippen molar-refractivity contribution in [3.8, 4) is 113 Å². The van der Waals surface area contributed by atoms with Gasteiger partial charge in [0, 0.05) is 103 Å². The minimum absolute atomic E-state index is 0.598. The van der Waals surface area contributed by atoms with Crippen molar-refractivity contribution in [2.24, 2.45) is 0 Å². The van der Waals surface area contributed by atoms with Crippen LogP contribution in [0.25, 0.3) is 199 Å². The van der Waals surface area contributed by atoms with Gasteiger partial charge in [0.25, 0.3) is 0 Å². The van der Waals surface area contributed by atoms with Crippen LogP contribution in [0.3, 0.4) is 0 Å². The van der Waals surface area contributed by atoms with Crippen LogP contribution in [0.1, 0.15) is 0 Å². The molecule has 0 unspecified atom stereocenters. The summed E-state index contributed by atoms with van der Waals surface area (Å²) in [6, 6.07) is 127. The molecule has 6 aromatic heterocycles. The molecule has 6 heterocycles. The van der Waals surface area contributed by atoms with Crippen molar-refractivity contribution >= 4 is 97.1 Å². The van der Waals surface area contributed by atoms with Gasteiger partial charge in [-0.3, -0.25) is 0 Å². The van der Waals surface area contributed by atoms with Gasteiger partial charge in [-0.2, -0.15) is 0 Å². The van der Waals surface area contributed by atoms with E-state index in [1.807, 2.05) is 145 Å². The van der Waals surface area contributed by atoms with Crippen LogP contribution >= 0.6 is 11.3 Å². The van der Waals surface area contributed by atoms with Crippen LogP contribution in [0.5, 0.6) is 0 Å². The molecule has 0 fully saturated rings. The summed E-state index contributed by atoms with van der Waals surface area (Å²) in [5, 5.41) is 9.59. The Morgan fingerprint density at radius 3 is 1.23 bits per heavy atom. The maximum Gasteiger partial charge on any atom is 0.166 e. The molecular formula is C96H60N8OS. The molecule has 0 spiro atoms. The predicted octanol–water partition coefficient (Wildman–Crippen LogP) is 25.2. The Bertz CT molecular complexity index is 6820. The zero-order valence-electron chi connectivity index (χ0n) is 57.0. The van der Waals surface area contributed by atoms with Crippen LogP contribution in [-0.4, -0.2) is 39.0 Å². The summed E-state index contributed by atoms with van der Waals surface area (Å²) in [5.74, 6) is 3.76. The number of benzene rings is 15. The maximum atomic E-state index is 6.46. The number of thiophene rings is 1. The van der Waals surface area contributed by atoms with Gasteiger partial charge in [0.15, 0.2) is 34.9 Å². The number of nitrogens with zero attached hydrogens (tertiary/aromatic N) is 8. The lowest BCUT2D eigenvalue weighted by atomic mass is 9.98. The van der Waals surface area contributed by atoms with Gasteiger partial charge in [0.05, 0.1) is 33.4 Å². The van der Waals surface area contributed by atoms with Crippen molar-refractivity contribution < 1.29 is 4.42 Å². The predicted molar refractivity (Wildman–Crippen MR) is 437 cm³/mol. The second kappa shape index (κ2) is 26.1. The first kappa shape index (κ1) is 61.8. The summed E-state index contributed by atoms with van der Waals surface area (Å²) in [4.78, 5) is 30.4. The molecule has 10 heteroatoms. The molecule has 0 N–H and O–H groups in total. The standard InChI is InChI=1S/C51H32N4S.C45H28N4O/c1-4-14-33(15-5-1)42-31-38(51-53-49(34-16-6-2-7-17-34)52-50(54-51)35-18-8-3-9-19-35)26-29-45(42)55-44-22-12-10-20-39(44)43-30-36(25-28-46(43)55)37-24-27-41-40-21-11-13-23-47(40)56-48(41)32-37;1-4-15-29(16-5-1)32-23-14-24-35(45-47-43(30-17-6-2-7-18-30)46-44(48-45)31-19-8-3-9-20-31)42(32)49-38-25-12-10-21-33(38)36-27-37-34-22-11-13-26-40(34)50-41(37)28-39(36)49/h1-32H;1-28H. The molecule has 0 aliphatic carbocycles. The number of hydrogen-bond donors (Lipinski definition) is 0. The number of rotatable bonds is 11. The van der Waals surface area contributed by atoms with E-state index in [-0.39, 0.29) is 0 Å². The Morgan fingerprint density at radius 1 is 0.208 bits per heavy atom. The SMILES string of the molecule is c1ccc(-c2nc(-c3ccccc3)nc(-c3ccc(-n4c5ccccc5c5cc(-c6ccc7c(c6)sc6ccccc67)ccc54)c(-c4ccccc4)c3)n2)cc1.c1ccc(-c2nc(-c3ccccc3)nc(-c3cccc(-c4ccccc4)c3-n3c4ccccc4c4cc5c(cc43)oc3ccccc35)n2)cc1. The quantitative estimate of drug-likeness (QED) is 0.127. The molecule has 9 nitrogen and oxygen atoms in total. The highest BCUT2D eigenvalue weighted by Crippen LogP contribution is 2.46. The van der Waals surface area contributed by atoms with Crippen molar-refractivity contribution in [2.75, 3.05) is 0 Å². The van der Waals surface area contributed by atoms with E-state index in [0.29, 0.717) is 34.9 Å². The van der Waals surface area contributed by atoms with Crippen molar-refractivity contribution in [3.63, 3.8) is 0 Å². The number of para-hydroxylation sites is 4. The minimum atomic E-state index is 0.598. The minimum Gasteiger partial charge on any atom is -0.456 e. The van der Waals surface area contributed by atoms with Crippen LogP contribution in [-0.2, 0) is 0 Å². The fourth-order valence-corrected chi connectivity index (χ4v) is 16.3. The lowest BCUT2D eigenvalue weighted by molar-refractivity contribution is 0.669. The fourth-order valence-electron chi connectivity index (χ4n) is 15.1. The zero-order valence-corrected chi connectivity index (χ0v) is 57.9. The molecule has 21 rings (SSSR count). The maximum absolute atomic E-state index is 6.46. The molecule has 15 aromatic carbocycles. The van der Waals surface area contributed by atoms with E-state index in [2.05, 4.69) is 240 Å². The lowest BCUT2D eigenvalue weighted by Gasteiger charge is -2.19. The third kappa shape index (κ3) is 10.9. The highest BCUT2D eigenvalue weighted by molar-refractivity contribution is 7.25. The van der Waals surface area contributed by atoms with E-state index < -0.39 is 0 Å². The third-order valence-electron chi connectivity index (χ3n) is 20.1. The first-order chi connectivity index (χ1) is 52.5. The second-order valence-electron chi connectivity index (χ2n) is 26.5. The van der Waals surface area contributed by atoms with Gasteiger partial charge in [0.1, 0.15) is 11.2 Å². The Balaban J connectivity index is 0.000000141. The van der Waals surface area contributed by atoms with Crippen molar-refractivity contribution in [1.29, 1.82) is 0 Å². The van der Waals surface area contributed by atoms with E-state index in [4.69, 9.17) is 34.3 Å². The molecule has 0 bridgehead atoms. The summed E-state index contributed by atoms with van der Waals surface area (Å²) >= 11 is 1.86. The smallest absolute Gasteiger partial charge is 0.166 e. The first-order valence-corrected chi connectivity index (χ1v) is 36.3. The fraction of sp³-hybridized carbons (Fsp3) is 0. The molecule has 0 atom stereocenters. The molecule has 106 heavy (non-hydrogen) atoms. The topological polar surface area (TPSA) is 100 Å². The van der Waals surface area contributed by atoms with Gasteiger partial charge < -0.3 is 13.6 Å². The molecule has 0 aliphatic rings. The van der Waals surface area contributed by atoms with Crippen molar-refractivity contribution in [3.05, 3.63) is 364 Å². The lowest BCUT2D eigenvalue weighted by Crippen LogP contribution is -2.05. The highest BCUT2D eigenvalue weighted by atomic mass is 32.1. The van der Waals surface area contributed by atoms with Gasteiger partial charge >= 0.3 is 0 Å². The molecule has 0 saturated heterocycles. The monoisotopic (exact) mass is 1370 g/mol. The number of furan rings is 1. The molecule has 0 saturated carbocycles. The summed E-state index contributed by atoms with van der Waals surface area (Å²) in [5.41, 5.74) is 20.6. The van der Waals surface area contributed by atoms with E-state index in [9.17, 15) is 0 Å². The normalized spacial score (nSPS) is 11.6. The molecule has 21 aromatic rings. The summed E-state index contributed by atoms with van der Waals surface area (Å²) in [6.07, 6.45) is 0. The van der Waals surface area contributed by atoms with Crippen LogP contribution in [0.2, 0.25) is 0 Å². The average Bonchev–Trinajstić information content (AvgIpc) is 1.53. The van der Waals surface area contributed by atoms with Crippen molar-refractivity contribution in [1.82, 2.24) is 39.0 Å². The van der Waals surface area contributed by atoms with E-state index in [1.54, 1.807) is 0 Å². The van der Waals surface area contributed by atoms with Gasteiger partial charge in [0.2, 0.25) is 0 Å². The summed E-state index contributed by atoms with van der Waals surface area (Å²) in [6.45, 7) is 0. The molecular weight excluding hydrogens is 1310 g/mol. The Kier molecular flexibility index (Phi) is 15.2. The number of fused-ring (bicyclic) bond motifs is 12. The zero-order chi connectivity index (χ0) is 70.0. The van der Waals surface area contributed by atoms with Crippen LogP contribution in [0.15, 0.2) is 368 Å². The summed E-state index contributed by atoms with van der Waals surface area (Å²) < 4.78 is 13.9. The van der Waals surface area contributed by atoms with E-state index in [1.165, 1.54) is 42.1 Å². The largest absolute Gasteiger partial charge is 0.456 e. The first-order valence-electron chi connectivity index (χ1n) is 35.5. The Morgan fingerprint density at radius 2 is 0.632 bits per heavy atom.